The van der Waals surface area contributed by atoms with E-state index in [2.05, 4.69) is 68.8 Å². The summed E-state index contributed by atoms with van der Waals surface area (Å²) in [5, 5.41) is 0. The van der Waals surface area contributed by atoms with E-state index >= 15 is 0 Å². The summed E-state index contributed by atoms with van der Waals surface area (Å²) in [6.45, 7) is 8.96. The SMILES string of the molecule is Cc1cccc(C)c1N[Si](C)(C)N(C)C. The van der Waals surface area contributed by atoms with E-state index in [-0.39, 0.29) is 0 Å². The third kappa shape index (κ3) is 2.83. The van der Waals surface area contributed by atoms with Crippen molar-refractivity contribution in [2.75, 3.05) is 19.1 Å². The van der Waals surface area contributed by atoms with E-state index in [4.69, 9.17) is 0 Å². The summed E-state index contributed by atoms with van der Waals surface area (Å²) in [6.07, 6.45) is 0. The van der Waals surface area contributed by atoms with Crippen LogP contribution in [0.25, 0.3) is 0 Å². The molecule has 0 bridgehead atoms. The highest BCUT2D eigenvalue weighted by Crippen LogP contribution is 2.22. The summed E-state index contributed by atoms with van der Waals surface area (Å²) in [5.41, 5.74) is 3.97. The first-order chi connectivity index (χ1) is 6.84. The molecule has 2 nitrogen and oxygen atoms in total. The van der Waals surface area contributed by atoms with Gasteiger partial charge < -0.3 is 9.55 Å². The topological polar surface area (TPSA) is 15.3 Å². The minimum Gasteiger partial charge on any atom is -0.398 e. The van der Waals surface area contributed by atoms with E-state index in [0.29, 0.717) is 0 Å². The van der Waals surface area contributed by atoms with Gasteiger partial charge in [-0.05, 0) is 52.2 Å². The first kappa shape index (κ1) is 12.3. The summed E-state index contributed by atoms with van der Waals surface area (Å²) in [6, 6.07) is 6.44. The number of para-hydroxylation sites is 1. The van der Waals surface area contributed by atoms with Crippen molar-refractivity contribution in [2.45, 2.75) is 26.9 Å². The van der Waals surface area contributed by atoms with Crippen molar-refractivity contribution in [3.05, 3.63) is 29.3 Å². The van der Waals surface area contributed by atoms with Crippen LogP contribution in [-0.2, 0) is 0 Å². The molecule has 0 heterocycles. The maximum absolute atomic E-state index is 3.72. The predicted octanol–water partition coefficient (Wildman–Crippen LogP) is 2.98. The van der Waals surface area contributed by atoms with E-state index < -0.39 is 8.40 Å². The van der Waals surface area contributed by atoms with E-state index in [9.17, 15) is 0 Å². The highest BCUT2D eigenvalue weighted by molar-refractivity contribution is 6.77. The van der Waals surface area contributed by atoms with Crippen molar-refractivity contribution >= 4 is 14.1 Å². The number of nitrogens with one attached hydrogen (secondary N) is 1. The Morgan fingerprint density at radius 2 is 1.53 bits per heavy atom. The number of nitrogens with zero attached hydrogens (tertiary/aromatic N) is 1. The van der Waals surface area contributed by atoms with Gasteiger partial charge in [-0.2, -0.15) is 0 Å². The number of aryl methyl sites for hydroxylation is 2. The van der Waals surface area contributed by atoms with Gasteiger partial charge in [-0.1, -0.05) is 18.2 Å². The number of rotatable bonds is 3. The van der Waals surface area contributed by atoms with E-state index in [1.807, 2.05) is 0 Å². The maximum Gasteiger partial charge on any atom is 0.226 e. The summed E-state index contributed by atoms with van der Waals surface area (Å²) in [5.74, 6) is 0. The Labute approximate surface area is 94.5 Å². The van der Waals surface area contributed by atoms with Crippen molar-refractivity contribution < 1.29 is 0 Å². The first-order valence-corrected chi connectivity index (χ1v) is 8.31. The molecule has 0 aliphatic rings. The smallest absolute Gasteiger partial charge is 0.226 e. The molecule has 3 heteroatoms. The van der Waals surface area contributed by atoms with E-state index in [1.165, 1.54) is 16.8 Å². The second-order valence-corrected chi connectivity index (χ2v) is 9.11. The molecule has 15 heavy (non-hydrogen) atoms. The Kier molecular flexibility index (Phi) is 3.57. The second kappa shape index (κ2) is 4.37. The molecule has 0 radical (unpaired) electrons. The number of hydrogen-bond donors (Lipinski definition) is 1. The molecule has 1 rings (SSSR count). The highest BCUT2D eigenvalue weighted by Gasteiger charge is 2.25. The van der Waals surface area contributed by atoms with Gasteiger partial charge in [0.1, 0.15) is 0 Å². The van der Waals surface area contributed by atoms with Crippen LogP contribution in [0.2, 0.25) is 13.1 Å². The molecule has 0 amide bonds. The van der Waals surface area contributed by atoms with E-state index in [1.54, 1.807) is 0 Å². The summed E-state index contributed by atoms with van der Waals surface area (Å²) in [7, 11) is 2.79. The molecule has 84 valence electrons. The molecule has 1 aromatic carbocycles. The molecule has 0 aliphatic heterocycles. The average molecular weight is 222 g/mol. The zero-order chi connectivity index (χ0) is 11.6. The molecule has 0 aromatic heterocycles. The van der Waals surface area contributed by atoms with Crippen LogP contribution in [-0.4, -0.2) is 27.1 Å². The molecule has 0 unspecified atom stereocenters. The van der Waals surface area contributed by atoms with Gasteiger partial charge in [0, 0.05) is 5.69 Å². The molecular weight excluding hydrogens is 200 g/mol. The van der Waals surface area contributed by atoms with Gasteiger partial charge >= 0.3 is 0 Å². The third-order valence-electron chi connectivity index (χ3n) is 3.03. The van der Waals surface area contributed by atoms with Crippen LogP contribution in [0.5, 0.6) is 0 Å². The Balaban J connectivity index is 2.99. The van der Waals surface area contributed by atoms with Crippen LogP contribution in [0.1, 0.15) is 11.1 Å². The van der Waals surface area contributed by atoms with Gasteiger partial charge in [0.2, 0.25) is 8.40 Å². The largest absolute Gasteiger partial charge is 0.398 e. The van der Waals surface area contributed by atoms with Crippen LogP contribution < -0.4 is 4.98 Å². The number of hydrogen-bond acceptors (Lipinski definition) is 2. The lowest BCUT2D eigenvalue weighted by molar-refractivity contribution is 0.627. The van der Waals surface area contributed by atoms with Gasteiger partial charge in [0.25, 0.3) is 0 Å². The summed E-state index contributed by atoms with van der Waals surface area (Å²) < 4.78 is 2.32. The van der Waals surface area contributed by atoms with Crippen molar-refractivity contribution in [3.8, 4) is 0 Å². The lowest BCUT2D eigenvalue weighted by Gasteiger charge is -2.33. The van der Waals surface area contributed by atoms with Crippen molar-refractivity contribution in [1.82, 2.24) is 4.57 Å². The molecule has 0 atom stereocenters. The predicted molar refractivity (Wildman–Crippen MR) is 70.7 cm³/mol. The Morgan fingerprint density at radius 1 is 1.07 bits per heavy atom. The van der Waals surface area contributed by atoms with Crippen LogP contribution >= 0.6 is 0 Å². The molecule has 0 saturated carbocycles. The monoisotopic (exact) mass is 222 g/mol. The van der Waals surface area contributed by atoms with Gasteiger partial charge in [-0.3, -0.25) is 0 Å². The molecular formula is C12H22N2Si. The molecule has 1 N–H and O–H groups in total. The van der Waals surface area contributed by atoms with Crippen LogP contribution in [0, 0.1) is 13.8 Å². The van der Waals surface area contributed by atoms with Crippen molar-refractivity contribution in [3.63, 3.8) is 0 Å². The van der Waals surface area contributed by atoms with Crippen LogP contribution in [0.4, 0.5) is 5.69 Å². The van der Waals surface area contributed by atoms with Crippen LogP contribution in [0.15, 0.2) is 18.2 Å². The van der Waals surface area contributed by atoms with Crippen molar-refractivity contribution in [2.24, 2.45) is 0 Å². The molecule has 0 aliphatic carbocycles. The fourth-order valence-electron chi connectivity index (χ4n) is 1.43. The van der Waals surface area contributed by atoms with Gasteiger partial charge in [0.05, 0.1) is 0 Å². The average Bonchev–Trinajstić information content (AvgIpc) is 2.11. The Hall–Kier alpha value is -0.803. The third-order valence-corrected chi connectivity index (χ3v) is 6.13. The fourth-order valence-corrected chi connectivity index (χ4v) is 2.66. The quantitative estimate of drug-likeness (QED) is 0.791. The maximum atomic E-state index is 3.72. The minimum absolute atomic E-state index is 1.31. The first-order valence-electron chi connectivity index (χ1n) is 5.36. The zero-order valence-corrected chi connectivity index (χ0v) is 11.7. The molecule has 1 aromatic rings. The molecule has 0 fully saturated rings. The Morgan fingerprint density at radius 3 is 1.93 bits per heavy atom. The summed E-state index contributed by atoms with van der Waals surface area (Å²) >= 11 is 0. The zero-order valence-electron chi connectivity index (χ0n) is 10.7. The van der Waals surface area contributed by atoms with Gasteiger partial charge in [0.15, 0.2) is 0 Å². The lowest BCUT2D eigenvalue weighted by atomic mass is 10.1. The summed E-state index contributed by atoms with van der Waals surface area (Å²) in [4.78, 5) is 3.72. The fraction of sp³-hybridized carbons (Fsp3) is 0.500. The van der Waals surface area contributed by atoms with Crippen molar-refractivity contribution in [1.29, 1.82) is 0 Å². The highest BCUT2D eigenvalue weighted by atomic mass is 28.3. The number of anilines is 1. The minimum atomic E-state index is -1.50. The molecule has 0 saturated heterocycles. The van der Waals surface area contributed by atoms with Crippen LogP contribution in [0.3, 0.4) is 0 Å². The second-order valence-electron chi connectivity index (χ2n) is 4.85. The normalized spacial score (nSPS) is 11.9. The Bertz CT molecular complexity index is 325. The van der Waals surface area contributed by atoms with Gasteiger partial charge in [-0.25, -0.2) is 0 Å². The van der Waals surface area contributed by atoms with E-state index in [0.717, 1.165) is 0 Å². The standard InChI is InChI=1S/C12H22N2Si/c1-10-8-7-9-11(2)12(10)13-15(5,6)14(3)4/h7-9,13H,1-6H3. The van der Waals surface area contributed by atoms with Gasteiger partial charge in [-0.15, -0.1) is 0 Å². The lowest BCUT2D eigenvalue weighted by Crippen LogP contribution is -2.51. The molecule has 0 spiro atoms. The number of benzene rings is 1.